The molecule has 8 heavy (non-hydrogen) atoms. The molecule has 0 bridgehead atoms. The second-order valence-corrected chi connectivity index (χ2v) is 3.05. The van der Waals surface area contributed by atoms with Gasteiger partial charge in [0.25, 0.3) is 0 Å². The first-order valence-corrected chi connectivity index (χ1v) is 3.61. The molecular formula is C6H6ClS. The van der Waals surface area contributed by atoms with Crippen LogP contribution in [0.3, 0.4) is 0 Å². The zero-order chi connectivity index (χ0) is 5.98. The van der Waals surface area contributed by atoms with E-state index >= 15 is 0 Å². The molecule has 1 rings (SSSR count). The van der Waals surface area contributed by atoms with Crippen molar-refractivity contribution in [2.45, 2.75) is 6.42 Å². The average Bonchev–Trinajstić information content (AvgIpc) is 2.14. The molecule has 43 valence electrons. The molecule has 0 aromatic carbocycles. The SMILES string of the molecule is [CH2]Cc1csc(Cl)c1. The summed E-state index contributed by atoms with van der Waals surface area (Å²) in [5, 5.41) is 2.02. The van der Waals surface area contributed by atoms with Crippen molar-refractivity contribution >= 4 is 22.9 Å². The molecule has 0 aliphatic heterocycles. The lowest BCUT2D eigenvalue weighted by Crippen LogP contribution is -1.67. The maximum atomic E-state index is 5.63. The van der Waals surface area contributed by atoms with Gasteiger partial charge in [-0.2, -0.15) is 0 Å². The molecule has 0 amide bonds. The summed E-state index contributed by atoms with van der Waals surface area (Å²) >= 11 is 7.18. The molecule has 0 atom stereocenters. The van der Waals surface area contributed by atoms with Gasteiger partial charge < -0.3 is 0 Å². The molecule has 0 spiro atoms. The van der Waals surface area contributed by atoms with Gasteiger partial charge in [-0.3, -0.25) is 0 Å². The van der Waals surface area contributed by atoms with Crippen LogP contribution >= 0.6 is 22.9 Å². The monoisotopic (exact) mass is 145 g/mol. The first-order valence-electron chi connectivity index (χ1n) is 2.35. The highest BCUT2D eigenvalue weighted by molar-refractivity contribution is 7.14. The highest BCUT2D eigenvalue weighted by Gasteiger charge is 1.91. The molecule has 0 fully saturated rings. The fourth-order valence-electron chi connectivity index (χ4n) is 0.477. The lowest BCUT2D eigenvalue weighted by atomic mass is 10.3. The van der Waals surface area contributed by atoms with E-state index in [-0.39, 0.29) is 0 Å². The summed E-state index contributed by atoms with van der Waals surface area (Å²) in [5.41, 5.74) is 1.22. The number of rotatable bonds is 1. The van der Waals surface area contributed by atoms with Gasteiger partial charge in [0, 0.05) is 0 Å². The Kier molecular flexibility index (Phi) is 1.92. The minimum atomic E-state index is 0.837. The molecular weight excluding hydrogens is 140 g/mol. The van der Waals surface area contributed by atoms with Gasteiger partial charge in [-0.1, -0.05) is 11.6 Å². The summed E-state index contributed by atoms with van der Waals surface area (Å²) in [6.45, 7) is 3.72. The third-order valence-corrected chi connectivity index (χ3v) is 2.05. The Hall–Kier alpha value is -0.0100. The van der Waals surface area contributed by atoms with Crippen molar-refractivity contribution < 1.29 is 0 Å². The van der Waals surface area contributed by atoms with Gasteiger partial charge >= 0.3 is 0 Å². The number of hydrogen-bond acceptors (Lipinski definition) is 1. The molecule has 0 saturated heterocycles. The Morgan fingerprint density at radius 2 is 2.50 bits per heavy atom. The molecule has 0 aliphatic rings. The Morgan fingerprint density at radius 3 is 2.75 bits per heavy atom. The van der Waals surface area contributed by atoms with Crippen LogP contribution in [0.4, 0.5) is 0 Å². The zero-order valence-electron chi connectivity index (χ0n) is 4.36. The fourth-order valence-corrected chi connectivity index (χ4v) is 1.42. The standard InChI is InChI=1S/C6H6ClS/c1-2-5-3-6(7)8-4-5/h3-4H,1-2H2. The van der Waals surface area contributed by atoms with Crippen molar-refractivity contribution in [3.63, 3.8) is 0 Å². The Labute approximate surface area is 58.1 Å². The van der Waals surface area contributed by atoms with E-state index in [1.165, 1.54) is 5.56 Å². The van der Waals surface area contributed by atoms with Crippen molar-refractivity contribution in [3.05, 3.63) is 28.3 Å². The van der Waals surface area contributed by atoms with Crippen LogP contribution in [0, 0.1) is 6.92 Å². The lowest BCUT2D eigenvalue weighted by molar-refractivity contribution is 1.30. The van der Waals surface area contributed by atoms with E-state index in [0.29, 0.717) is 0 Å². The summed E-state index contributed by atoms with van der Waals surface area (Å²) in [4.78, 5) is 0. The van der Waals surface area contributed by atoms with E-state index in [0.717, 1.165) is 10.8 Å². The van der Waals surface area contributed by atoms with Crippen LogP contribution in [-0.4, -0.2) is 0 Å². The molecule has 2 heteroatoms. The van der Waals surface area contributed by atoms with Crippen molar-refractivity contribution in [3.8, 4) is 0 Å². The quantitative estimate of drug-likeness (QED) is 0.570. The zero-order valence-corrected chi connectivity index (χ0v) is 5.93. The molecule has 1 aromatic rings. The summed E-state index contributed by atoms with van der Waals surface area (Å²) in [7, 11) is 0. The van der Waals surface area contributed by atoms with E-state index in [1.54, 1.807) is 11.3 Å². The van der Waals surface area contributed by atoms with Gasteiger partial charge in [-0.15, -0.1) is 11.3 Å². The molecule has 1 heterocycles. The van der Waals surface area contributed by atoms with Gasteiger partial charge in [-0.25, -0.2) is 0 Å². The minimum absolute atomic E-state index is 0.837. The van der Waals surface area contributed by atoms with E-state index in [2.05, 4.69) is 6.92 Å². The molecule has 0 saturated carbocycles. The summed E-state index contributed by atoms with van der Waals surface area (Å²) < 4.78 is 0.851. The topological polar surface area (TPSA) is 0 Å². The first-order chi connectivity index (χ1) is 3.83. The third kappa shape index (κ3) is 1.23. The smallest absolute Gasteiger partial charge is 0.0931 e. The first kappa shape index (κ1) is 6.12. The van der Waals surface area contributed by atoms with Crippen LogP contribution in [0.25, 0.3) is 0 Å². The summed E-state index contributed by atoms with van der Waals surface area (Å²) in [6, 6.07) is 1.94. The maximum absolute atomic E-state index is 5.63. The van der Waals surface area contributed by atoms with Gasteiger partial charge in [0.1, 0.15) is 0 Å². The van der Waals surface area contributed by atoms with E-state index in [4.69, 9.17) is 11.6 Å². The second-order valence-electron chi connectivity index (χ2n) is 1.51. The molecule has 0 N–H and O–H groups in total. The van der Waals surface area contributed by atoms with Gasteiger partial charge in [-0.05, 0) is 30.4 Å². The minimum Gasteiger partial charge on any atom is -0.132 e. The van der Waals surface area contributed by atoms with Crippen molar-refractivity contribution in [2.24, 2.45) is 0 Å². The average molecular weight is 146 g/mol. The molecule has 1 aromatic heterocycles. The van der Waals surface area contributed by atoms with Crippen LogP contribution in [0.1, 0.15) is 5.56 Å². The van der Waals surface area contributed by atoms with Gasteiger partial charge in [0.05, 0.1) is 4.34 Å². The predicted molar refractivity (Wildman–Crippen MR) is 38.4 cm³/mol. The normalized spacial score (nSPS) is 9.75. The number of halogens is 1. The van der Waals surface area contributed by atoms with Gasteiger partial charge in [0.15, 0.2) is 0 Å². The Bertz CT molecular complexity index is 169. The van der Waals surface area contributed by atoms with Crippen molar-refractivity contribution in [1.29, 1.82) is 0 Å². The number of hydrogen-bond donors (Lipinski definition) is 0. The number of thiophene rings is 1. The largest absolute Gasteiger partial charge is 0.132 e. The molecule has 0 aliphatic carbocycles. The van der Waals surface area contributed by atoms with Crippen molar-refractivity contribution in [1.82, 2.24) is 0 Å². The summed E-state index contributed by atoms with van der Waals surface area (Å²) in [6.07, 6.45) is 0.837. The lowest BCUT2D eigenvalue weighted by Gasteiger charge is -1.79. The van der Waals surface area contributed by atoms with E-state index in [9.17, 15) is 0 Å². The predicted octanol–water partition coefficient (Wildman–Crippen LogP) is 2.78. The van der Waals surface area contributed by atoms with Crippen LogP contribution in [0.2, 0.25) is 4.34 Å². The van der Waals surface area contributed by atoms with Crippen LogP contribution in [0.5, 0.6) is 0 Å². The van der Waals surface area contributed by atoms with Crippen molar-refractivity contribution in [2.75, 3.05) is 0 Å². The molecule has 0 nitrogen and oxygen atoms in total. The van der Waals surface area contributed by atoms with E-state index < -0.39 is 0 Å². The van der Waals surface area contributed by atoms with Crippen LogP contribution in [0.15, 0.2) is 11.4 Å². The molecule has 1 radical (unpaired) electrons. The highest BCUT2D eigenvalue weighted by atomic mass is 35.5. The Morgan fingerprint density at radius 1 is 1.75 bits per heavy atom. The summed E-state index contributed by atoms with van der Waals surface area (Å²) in [5.74, 6) is 0. The third-order valence-electron chi connectivity index (χ3n) is 0.910. The molecule has 0 unspecified atom stereocenters. The maximum Gasteiger partial charge on any atom is 0.0931 e. The second kappa shape index (κ2) is 2.51. The van der Waals surface area contributed by atoms with Crippen LogP contribution in [-0.2, 0) is 6.42 Å². The Balaban J connectivity index is 2.84. The van der Waals surface area contributed by atoms with E-state index in [1.807, 2.05) is 11.4 Å². The highest BCUT2D eigenvalue weighted by Crippen LogP contribution is 2.19. The van der Waals surface area contributed by atoms with Gasteiger partial charge in [0.2, 0.25) is 0 Å². The van der Waals surface area contributed by atoms with Crippen LogP contribution < -0.4 is 0 Å². The fraction of sp³-hybridized carbons (Fsp3) is 0.167.